The summed E-state index contributed by atoms with van der Waals surface area (Å²) in [5, 5.41) is 37.1. The molecule has 0 amide bonds. The quantitative estimate of drug-likeness (QED) is 0.227. The lowest BCUT2D eigenvalue weighted by molar-refractivity contribution is -0.310. The van der Waals surface area contributed by atoms with Gasteiger partial charge in [0.2, 0.25) is 6.29 Å². The Labute approximate surface area is 232 Å². The molecule has 3 aliphatic rings. The molecule has 0 spiro atoms. The fourth-order valence-electron chi connectivity index (χ4n) is 5.33. The lowest BCUT2D eigenvalue weighted by Crippen LogP contribution is -2.67. The van der Waals surface area contributed by atoms with Crippen LogP contribution in [-0.4, -0.2) is 94.4 Å². The summed E-state index contributed by atoms with van der Waals surface area (Å²) in [5.41, 5.74) is 5.19. The number of hydrogen-bond acceptors (Lipinski definition) is 10. The standard InChI is InChI=1S/C21H45N3O7P6/c1-5-11-6-7-13(23-35-32)19(29-11)30-16-10(2)8-12(22)17(14(16)25)31-20-15(26)18(21(3,27)9-28-20)24(4)37(34)36-33/h6,10,12-20,23,25-27,35-36H,5,7-9,22,32-34H2,1-4H3. The Hall–Kier alpha value is 1.76. The topological polar surface area (TPSA) is 139 Å². The maximum Gasteiger partial charge on any atom is 0.215 e. The molecule has 17 atom stereocenters. The molecule has 2 fully saturated rings. The highest BCUT2D eigenvalue weighted by Gasteiger charge is 2.52. The Morgan fingerprint density at radius 3 is 2.57 bits per heavy atom. The van der Waals surface area contributed by atoms with Crippen LogP contribution in [0.1, 0.15) is 40.0 Å². The number of nitrogens with zero attached hydrogens (tertiary/aromatic N) is 1. The normalized spacial score (nSPS) is 44.5. The molecule has 216 valence electrons. The van der Waals surface area contributed by atoms with E-state index in [1.165, 1.54) is 0 Å². The van der Waals surface area contributed by atoms with Gasteiger partial charge in [-0.3, -0.25) is 9.76 Å². The van der Waals surface area contributed by atoms with E-state index in [1.807, 2.05) is 25.6 Å². The van der Waals surface area contributed by atoms with E-state index in [0.717, 1.165) is 18.6 Å². The van der Waals surface area contributed by atoms with Crippen LogP contribution in [0.3, 0.4) is 0 Å². The van der Waals surface area contributed by atoms with Gasteiger partial charge in [0.05, 0.1) is 30.6 Å². The Kier molecular flexibility index (Phi) is 13.3. The van der Waals surface area contributed by atoms with Gasteiger partial charge in [0, 0.05) is 19.9 Å². The van der Waals surface area contributed by atoms with Crippen LogP contribution < -0.4 is 10.8 Å². The average Bonchev–Trinajstić information content (AvgIpc) is 2.85. The van der Waals surface area contributed by atoms with E-state index in [1.54, 1.807) is 6.92 Å². The minimum absolute atomic E-state index is 0.0167. The van der Waals surface area contributed by atoms with Gasteiger partial charge < -0.3 is 40.0 Å². The number of aliphatic hydroxyl groups is 3. The molecule has 16 heteroatoms. The van der Waals surface area contributed by atoms with Crippen LogP contribution in [0.2, 0.25) is 0 Å². The third-order valence-electron chi connectivity index (χ3n) is 7.35. The van der Waals surface area contributed by atoms with E-state index < -0.39 is 62.1 Å². The number of nitrogens with one attached hydrogen (secondary N) is 1. The first-order chi connectivity index (χ1) is 17.4. The van der Waals surface area contributed by atoms with E-state index >= 15 is 0 Å². The van der Waals surface area contributed by atoms with Gasteiger partial charge >= 0.3 is 0 Å². The predicted octanol–water partition coefficient (Wildman–Crippen LogP) is 2.21. The Morgan fingerprint density at radius 2 is 1.95 bits per heavy atom. The Balaban J connectivity index is 1.75. The van der Waals surface area contributed by atoms with Crippen LogP contribution in [0.25, 0.3) is 0 Å². The van der Waals surface area contributed by atoms with Crippen molar-refractivity contribution in [1.29, 1.82) is 0 Å². The third-order valence-corrected chi connectivity index (χ3v) is 18.8. The van der Waals surface area contributed by atoms with Crippen LogP contribution in [0.4, 0.5) is 0 Å². The molecule has 0 aromatic heterocycles. The number of nitrogens with two attached hydrogens (primary N) is 1. The van der Waals surface area contributed by atoms with Gasteiger partial charge in [-0.25, -0.2) is 0 Å². The molecule has 17 unspecified atom stereocenters. The molecule has 0 bridgehead atoms. The molecule has 1 aliphatic carbocycles. The summed E-state index contributed by atoms with van der Waals surface area (Å²) in [5.74, 6) is 0.836. The zero-order valence-electron chi connectivity index (χ0n) is 21.9. The molecule has 1 saturated carbocycles. The second-order valence-electron chi connectivity index (χ2n) is 10.2. The molecule has 0 radical (unpaired) electrons. The van der Waals surface area contributed by atoms with Crippen molar-refractivity contribution in [2.45, 2.75) is 101 Å². The van der Waals surface area contributed by atoms with Crippen LogP contribution in [0.15, 0.2) is 11.8 Å². The van der Waals surface area contributed by atoms with Crippen molar-refractivity contribution in [2.24, 2.45) is 11.7 Å². The highest BCUT2D eigenvalue weighted by Crippen LogP contribution is 2.68. The van der Waals surface area contributed by atoms with Crippen LogP contribution in [0, 0.1) is 5.92 Å². The second kappa shape index (κ2) is 14.8. The summed E-state index contributed by atoms with van der Waals surface area (Å²) < 4.78 is 26.5. The average molecular weight is 637 g/mol. The van der Waals surface area contributed by atoms with Gasteiger partial charge in [0.15, 0.2) is 6.29 Å². The monoisotopic (exact) mass is 637 g/mol. The van der Waals surface area contributed by atoms with E-state index in [2.05, 4.69) is 37.9 Å². The summed E-state index contributed by atoms with van der Waals surface area (Å²) >= 11 is 0. The highest BCUT2D eigenvalue weighted by atomic mass is 32.6. The highest BCUT2D eigenvalue weighted by molar-refractivity contribution is 8.60. The molecule has 37 heavy (non-hydrogen) atoms. The SMILES string of the molecule is CCC1=CCC(NPP)C(OC2C(C)CC(N)C(OC3OCC(C)(O)C(N(C)P(P)PP)C3O)C2O)O1. The van der Waals surface area contributed by atoms with Crippen LogP contribution >= 0.6 is 50.6 Å². The summed E-state index contributed by atoms with van der Waals surface area (Å²) in [6.45, 7) is 5.68. The summed E-state index contributed by atoms with van der Waals surface area (Å²) in [6, 6.07) is -1.13. The molecule has 3 rings (SSSR count). The lowest BCUT2D eigenvalue weighted by atomic mass is 9.80. The Morgan fingerprint density at radius 1 is 1.27 bits per heavy atom. The summed E-state index contributed by atoms with van der Waals surface area (Å²) in [7, 11) is 10.4. The fourth-order valence-corrected chi connectivity index (χ4v) is 10.3. The minimum atomic E-state index is -1.27. The second-order valence-corrected chi connectivity index (χ2v) is 20.7. The van der Waals surface area contributed by atoms with Crippen molar-refractivity contribution in [3.63, 3.8) is 0 Å². The number of aliphatic hydroxyl groups excluding tert-OH is 2. The lowest BCUT2D eigenvalue weighted by Gasteiger charge is -2.51. The van der Waals surface area contributed by atoms with Crippen molar-refractivity contribution in [3.8, 4) is 0 Å². The molecule has 10 nitrogen and oxygen atoms in total. The number of allylic oxidation sites excluding steroid dienone is 1. The van der Waals surface area contributed by atoms with Gasteiger partial charge in [-0.15, -0.1) is 8.93 Å². The van der Waals surface area contributed by atoms with Crippen LogP contribution in [0.5, 0.6) is 0 Å². The first-order valence-electron chi connectivity index (χ1n) is 12.5. The predicted molar refractivity (Wildman–Crippen MR) is 163 cm³/mol. The van der Waals surface area contributed by atoms with Crippen molar-refractivity contribution in [3.05, 3.63) is 11.8 Å². The van der Waals surface area contributed by atoms with Crippen molar-refractivity contribution in [1.82, 2.24) is 9.76 Å². The van der Waals surface area contributed by atoms with Gasteiger partial charge in [0.25, 0.3) is 0 Å². The van der Waals surface area contributed by atoms with Gasteiger partial charge in [-0.2, -0.15) is 0 Å². The third kappa shape index (κ3) is 7.99. The summed E-state index contributed by atoms with van der Waals surface area (Å²) in [6.07, 6.45) is -1.03. The van der Waals surface area contributed by atoms with Gasteiger partial charge in [-0.1, -0.05) is 39.7 Å². The van der Waals surface area contributed by atoms with E-state index in [9.17, 15) is 15.3 Å². The fraction of sp³-hybridized carbons (Fsp3) is 0.905. The molecule has 0 aromatic carbocycles. The molecule has 1 saturated heterocycles. The molecular weight excluding hydrogens is 592 g/mol. The maximum atomic E-state index is 11.4. The zero-order chi connectivity index (χ0) is 27.5. The first-order valence-corrected chi connectivity index (χ1v) is 21.9. The molecule has 2 heterocycles. The molecule has 2 aliphatic heterocycles. The van der Waals surface area contributed by atoms with Crippen molar-refractivity contribution < 1.29 is 34.3 Å². The first kappa shape index (κ1) is 33.3. The van der Waals surface area contributed by atoms with E-state index in [-0.39, 0.29) is 18.6 Å². The summed E-state index contributed by atoms with van der Waals surface area (Å²) in [4.78, 5) is 0. The smallest absolute Gasteiger partial charge is 0.215 e. The maximum absolute atomic E-state index is 11.4. The van der Waals surface area contributed by atoms with Gasteiger partial charge in [0.1, 0.15) is 23.9 Å². The van der Waals surface area contributed by atoms with E-state index in [0.29, 0.717) is 22.8 Å². The molecule has 0 aromatic rings. The molecular formula is C21H45N3O7P6. The van der Waals surface area contributed by atoms with Crippen LogP contribution in [-0.2, 0) is 18.9 Å². The van der Waals surface area contributed by atoms with Gasteiger partial charge in [-0.05, 0) is 47.2 Å². The van der Waals surface area contributed by atoms with E-state index in [4.69, 9.17) is 24.7 Å². The Bertz CT molecular complexity index is 774. The zero-order valence-corrected chi connectivity index (χ0v) is 28.2. The van der Waals surface area contributed by atoms with Crippen molar-refractivity contribution in [2.75, 3.05) is 13.7 Å². The largest absolute Gasteiger partial charge is 0.468 e. The molecule has 6 N–H and O–H groups in total. The van der Waals surface area contributed by atoms with Crippen molar-refractivity contribution >= 4 is 50.6 Å². The number of ether oxygens (including phenoxy) is 4. The number of rotatable bonds is 10. The number of hydrogen-bond donors (Lipinski definition) is 5. The number of likely N-dealkylation sites (N-methyl/N-ethyl adjacent to an activating group) is 1. The minimum Gasteiger partial charge on any atom is -0.468 e.